The predicted octanol–water partition coefficient (Wildman–Crippen LogP) is 0.460. The second kappa shape index (κ2) is 5.33. The van der Waals surface area contributed by atoms with Crippen molar-refractivity contribution in [3.05, 3.63) is 48.0 Å². The van der Waals surface area contributed by atoms with E-state index in [1.807, 2.05) is 0 Å². The van der Waals surface area contributed by atoms with Gasteiger partial charge in [0, 0.05) is 12.5 Å². The molecule has 2 aromatic rings. The summed E-state index contributed by atoms with van der Waals surface area (Å²) >= 11 is 0. The monoisotopic (exact) mass is 222 g/mol. The van der Waals surface area contributed by atoms with Crippen molar-refractivity contribution in [1.29, 1.82) is 0 Å². The van der Waals surface area contributed by atoms with Gasteiger partial charge in [0.15, 0.2) is 0 Å². The van der Waals surface area contributed by atoms with E-state index in [-0.39, 0.29) is 31.0 Å². The van der Waals surface area contributed by atoms with Crippen LogP contribution in [0.4, 0.5) is 0 Å². The van der Waals surface area contributed by atoms with Gasteiger partial charge in [-0.05, 0) is 22.8 Å². The predicted molar refractivity (Wildman–Crippen MR) is 63.2 cm³/mol. The van der Waals surface area contributed by atoms with Gasteiger partial charge in [-0.2, -0.15) is 0 Å². The number of hydrogen-bond donors (Lipinski definition) is 0. The summed E-state index contributed by atoms with van der Waals surface area (Å²) in [5.41, 5.74) is 1.45. The van der Waals surface area contributed by atoms with Crippen LogP contribution in [0.2, 0.25) is 0 Å². The van der Waals surface area contributed by atoms with Gasteiger partial charge in [-0.25, -0.2) is 0 Å². The molecule has 0 N–H and O–H groups in total. The summed E-state index contributed by atoms with van der Waals surface area (Å²) in [7, 11) is 0. The fourth-order valence-electron chi connectivity index (χ4n) is 2.39. The quantitative estimate of drug-likeness (QED) is 0.637. The summed E-state index contributed by atoms with van der Waals surface area (Å²) in [6.07, 6.45) is 1.16. The molecule has 0 bridgehead atoms. The van der Waals surface area contributed by atoms with E-state index in [0.717, 1.165) is 19.6 Å². The van der Waals surface area contributed by atoms with Crippen molar-refractivity contribution in [2.45, 2.75) is 12.3 Å². The van der Waals surface area contributed by atoms with E-state index in [4.69, 9.17) is 4.74 Å². The van der Waals surface area contributed by atoms with E-state index in [9.17, 15) is 0 Å². The van der Waals surface area contributed by atoms with Crippen molar-refractivity contribution in [1.82, 2.24) is 0 Å². The van der Waals surface area contributed by atoms with Gasteiger partial charge in [-0.1, -0.05) is 42.5 Å². The summed E-state index contributed by atoms with van der Waals surface area (Å²) in [4.78, 5) is 0. The van der Waals surface area contributed by atoms with E-state index >= 15 is 0 Å². The van der Waals surface area contributed by atoms with Crippen molar-refractivity contribution in [2.75, 3.05) is 13.2 Å². The second-order valence-corrected chi connectivity index (χ2v) is 4.13. The molecule has 2 heteroatoms. The molecule has 1 nitrogen and oxygen atoms in total. The third kappa shape index (κ3) is 2.18. The van der Waals surface area contributed by atoms with Crippen LogP contribution in [0, 0.1) is 0 Å². The van der Waals surface area contributed by atoms with Gasteiger partial charge < -0.3 is 6.16 Å². The summed E-state index contributed by atoms with van der Waals surface area (Å²) in [5.74, 6) is 0.594. The number of rotatable bonds is 1. The van der Waals surface area contributed by atoms with E-state index in [1.54, 1.807) is 0 Å². The third-order valence-electron chi connectivity index (χ3n) is 3.19. The first-order valence-electron chi connectivity index (χ1n) is 5.50. The van der Waals surface area contributed by atoms with Crippen LogP contribution >= 0.6 is 0 Å². The molecule has 0 aromatic heterocycles. The minimum absolute atomic E-state index is 0. The number of fused-ring (bicyclic) bond motifs is 1. The van der Waals surface area contributed by atoms with Gasteiger partial charge >= 0.3 is 29.6 Å². The summed E-state index contributed by atoms with van der Waals surface area (Å²) in [6.45, 7) is 1.79. The molecule has 0 amide bonds. The Bertz CT molecular complexity index is 475. The molecule has 78 valence electrons. The van der Waals surface area contributed by atoms with Crippen LogP contribution in [0.15, 0.2) is 42.5 Å². The van der Waals surface area contributed by atoms with Gasteiger partial charge in [-0.3, -0.25) is 0 Å². The van der Waals surface area contributed by atoms with E-state index in [1.165, 1.54) is 16.3 Å². The van der Waals surface area contributed by atoms with Crippen LogP contribution in [0.3, 0.4) is 0 Å². The van der Waals surface area contributed by atoms with Gasteiger partial charge in [0.2, 0.25) is 0 Å². The van der Waals surface area contributed by atoms with Gasteiger partial charge in [0.25, 0.3) is 0 Å². The first-order chi connectivity index (χ1) is 7.45. The first-order valence-corrected chi connectivity index (χ1v) is 5.50. The minimum Gasteiger partial charge on any atom is -1.00 e. The average Bonchev–Trinajstić information content (AvgIpc) is 2.82. The molecule has 1 unspecified atom stereocenters. The summed E-state index contributed by atoms with van der Waals surface area (Å²) in [5, 5.41) is 2.72. The molecule has 1 aliphatic rings. The molecular weight excluding hydrogens is 207 g/mol. The SMILES string of the molecule is [H-].[Na+].c1ccc2c(C3CCOC3)cccc2c1. The molecule has 1 fully saturated rings. The fourth-order valence-corrected chi connectivity index (χ4v) is 2.39. The van der Waals surface area contributed by atoms with Crippen molar-refractivity contribution in [3.8, 4) is 0 Å². The van der Waals surface area contributed by atoms with Crippen LogP contribution < -0.4 is 29.6 Å². The van der Waals surface area contributed by atoms with Gasteiger partial charge in [-0.15, -0.1) is 0 Å². The molecule has 1 heterocycles. The molecule has 16 heavy (non-hydrogen) atoms. The maximum atomic E-state index is 5.46. The molecule has 2 aromatic carbocycles. The molecule has 3 rings (SSSR count). The van der Waals surface area contributed by atoms with E-state index in [0.29, 0.717) is 5.92 Å². The normalized spacial score (nSPS) is 19.6. The Hall–Kier alpha value is -0.340. The third-order valence-corrected chi connectivity index (χ3v) is 3.19. The smallest absolute Gasteiger partial charge is 1.00 e. The molecule has 0 radical (unpaired) electrons. The Morgan fingerprint density at radius 2 is 1.88 bits per heavy atom. The maximum absolute atomic E-state index is 5.46. The summed E-state index contributed by atoms with van der Waals surface area (Å²) < 4.78 is 5.46. The topological polar surface area (TPSA) is 9.23 Å². The van der Waals surface area contributed by atoms with Crippen molar-refractivity contribution < 1.29 is 35.7 Å². The van der Waals surface area contributed by atoms with Crippen LogP contribution in [0.25, 0.3) is 10.8 Å². The van der Waals surface area contributed by atoms with Crippen molar-refractivity contribution in [3.63, 3.8) is 0 Å². The second-order valence-electron chi connectivity index (χ2n) is 4.13. The average molecular weight is 222 g/mol. The van der Waals surface area contributed by atoms with E-state index < -0.39 is 0 Å². The molecule has 1 atom stereocenters. The van der Waals surface area contributed by atoms with Crippen molar-refractivity contribution in [2.24, 2.45) is 0 Å². The standard InChI is InChI=1S/C14H14O.Na.H/c1-2-6-13-11(4-1)5-3-7-14(13)12-8-9-15-10-12;;/h1-7,12H,8-10H2;;/q;+1;-1. The number of benzene rings is 2. The largest absolute Gasteiger partial charge is 1.00 e. The Balaban J connectivity index is 0.000000722. The van der Waals surface area contributed by atoms with Crippen LogP contribution in [0.1, 0.15) is 19.3 Å². The molecule has 1 aliphatic heterocycles. The van der Waals surface area contributed by atoms with E-state index in [2.05, 4.69) is 42.5 Å². The fraction of sp³-hybridized carbons (Fsp3) is 0.286. The van der Waals surface area contributed by atoms with Gasteiger partial charge in [0.05, 0.1) is 6.61 Å². The van der Waals surface area contributed by atoms with Crippen LogP contribution in [-0.4, -0.2) is 13.2 Å². The Morgan fingerprint density at radius 1 is 1.06 bits per heavy atom. The number of ether oxygens (including phenoxy) is 1. The maximum Gasteiger partial charge on any atom is 1.00 e. The minimum atomic E-state index is 0. The van der Waals surface area contributed by atoms with Crippen LogP contribution in [0.5, 0.6) is 0 Å². The molecule has 0 spiro atoms. The Morgan fingerprint density at radius 3 is 2.69 bits per heavy atom. The molecular formula is C14H15NaO. The zero-order valence-corrected chi connectivity index (χ0v) is 11.6. The zero-order valence-electron chi connectivity index (χ0n) is 10.6. The first kappa shape index (κ1) is 12.1. The molecule has 1 saturated heterocycles. The molecule has 0 aliphatic carbocycles. The van der Waals surface area contributed by atoms with Gasteiger partial charge in [0.1, 0.15) is 0 Å². The Labute approximate surface area is 120 Å². The zero-order chi connectivity index (χ0) is 10.1. The van der Waals surface area contributed by atoms with Crippen molar-refractivity contribution >= 4 is 10.8 Å². The molecule has 0 saturated carbocycles. The Kier molecular flexibility index (Phi) is 4.04. The number of hydrogen-bond acceptors (Lipinski definition) is 1. The summed E-state index contributed by atoms with van der Waals surface area (Å²) in [6, 6.07) is 15.2. The van der Waals surface area contributed by atoms with Crippen LogP contribution in [-0.2, 0) is 4.74 Å².